The third-order valence-electron chi connectivity index (χ3n) is 2.79. The van der Waals surface area contributed by atoms with Gasteiger partial charge in [-0.25, -0.2) is 0 Å². The Morgan fingerprint density at radius 2 is 1.83 bits per heavy atom. The van der Waals surface area contributed by atoms with Crippen LogP contribution in [0.2, 0.25) is 0 Å². The lowest BCUT2D eigenvalue weighted by Crippen LogP contribution is -2.16. The SMILES string of the molecule is O=C(Nc1ccc(COCC(F)(F)F)cc1)c1ccc(=O)[nH]c1. The maximum absolute atomic E-state index is 12.0. The van der Waals surface area contributed by atoms with Crippen molar-refractivity contribution in [2.75, 3.05) is 11.9 Å². The number of carbonyl (C=O) groups is 1. The van der Waals surface area contributed by atoms with E-state index in [-0.39, 0.29) is 17.7 Å². The lowest BCUT2D eigenvalue weighted by molar-refractivity contribution is -0.176. The van der Waals surface area contributed by atoms with Crippen LogP contribution in [0.15, 0.2) is 47.4 Å². The molecule has 1 heterocycles. The number of halogens is 3. The molecule has 2 N–H and O–H groups in total. The lowest BCUT2D eigenvalue weighted by atomic mass is 10.2. The Morgan fingerprint density at radius 1 is 1.13 bits per heavy atom. The highest BCUT2D eigenvalue weighted by Crippen LogP contribution is 2.16. The maximum Gasteiger partial charge on any atom is 0.411 e. The zero-order chi connectivity index (χ0) is 16.9. The van der Waals surface area contributed by atoms with Crippen LogP contribution >= 0.6 is 0 Å². The number of H-pyrrole nitrogens is 1. The van der Waals surface area contributed by atoms with Crippen molar-refractivity contribution in [3.63, 3.8) is 0 Å². The second-order valence-electron chi connectivity index (χ2n) is 4.70. The van der Waals surface area contributed by atoms with Crippen molar-refractivity contribution in [1.82, 2.24) is 4.98 Å². The van der Waals surface area contributed by atoms with Crippen LogP contribution in [0.1, 0.15) is 15.9 Å². The highest BCUT2D eigenvalue weighted by molar-refractivity contribution is 6.03. The van der Waals surface area contributed by atoms with Gasteiger partial charge in [-0.05, 0) is 23.8 Å². The zero-order valence-corrected chi connectivity index (χ0v) is 11.8. The fraction of sp³-hybridized carbons (Fsp3) is 0.200. The predicted octanol–water partition coefficient (Wildman–Crippen LogP) is 2.71. The molecule has 0 fully saturated rings. The van der Waals surface area contributed by atoms with Crippen molar-refractivity contribution in [2.24, 2.45) is 0 Å². The zero-order valence-electron chi connectivity index (χ0n) is 11.8. The minimum absolute atomic E-state index is 0.173. The summed E-state index contributed by atoms with van der Waals surface area (Å²) in [5.41, 5.74) is 0.990. The molecule has 2 aromatic rings. The van der Waals surface area contributed by atoms with E-state index >= 15 is 0 Å². The molecule has 0 unspecified atom stereocenters. The summed E-state index contributed by atoms with van der Waals surface area (Å²) < 4.78 is 40.4. The summed E-state index contributed by atoms with van der Waals surface area (Å²) in [5, 5.41) is 2.60. The van der Waals surface area contributed by atoms with Crippen molar-refractivity contribution >= 4 is 11.6 Å². The molecular weight excluding hydrogens is 313 g/mol. The quantitative estimate of drug-likeness (QED) is 0.887. The van der Waals surface area contributed by atoms with Crippen LogP contribution in [0.25, 0.3) is 0 Å². The van der Waals surface area contributed by atoms with E-state index in [1.807, 2.05) is 0 Å². The predicted molar refractivity (Wildman–Crippen MR) is 77.2 cm³/mol. The number of hydrogen-bond acceptors (Lipinski definition) is 3. The summed E-state index contributed by atoms with van der Waals surface area (Å²) in [5.74, 6) is -0.415. The Bertz CT molecular complexity index is 703. The molecule has 0 bridgehead atoms. The number of aromatic nitrogens is 1. The smallest absolute Gasteiger partial charge is 0.367 e. The van der Waals surface area contributed by atoms with Crippen molar-refractivity contribution in [3.8, 4) is 0 Å². The van der Waals surface area contributed by atoms with E-state index in [9.17, 15) is 22.8 Å². The fourth-order valence-electron chi connectivity index (χ4n) is 1.72. The Balaban J connectivity index is 1.90. The summed E-state index contributed by atoms with van der Waals surface area (Å²) >= 11 is 0. The number of hydrogen-bond donors (Lipinski definition) is 2. The van der Waals surface area contributed by atoms with Gasteiger partial charge in [0.15, 0.2) is 0 Å². The van der Waals surface area contributed by atoms with E-state index in [1.165, 1.54) is 18.3 Å². The van der Waals surface area contributed by atoms with Crippen LogP contribution in [0, 0.1) is 0 Å². The van der Waals surface area contributed by atoms with Crippen molar-refractivity contribution in [1.29, 1.82) is 0 Å². The number of alkyl halides is 3. The Kier molecular flexibility index (Phi) is 5.17. The van der Waals surface area contributed by atoms with Crippen LogP contribution in [0.4, 0.5) is 18.9 Å². The second-order valence-corrected chi connectivity index (χ2v) is 4.70. The Morgan fingerprint density at radius 3 is 2.39 bits per heavy atom. The molecule has 1 aromatic carbocycles. The van der Waals surface area contributed by atoms with Gasteiger partial charge in [0.2, 0.25) is 5.56 Å². The molecule has 8 heteroatoms. The van der Waals surface area contributed by atoms with Crippen LogP contribution in [0.3, 0.4) is 0 Å². The standard InChI is InChI=1S/C15H13F3N2O3/c16-15(17,18)9-23-8-10-1-4-12(5-2-10)20-14(22)11-3-6-13(21)19-7-11/h1-7H,8-9H2,(H,19,21)(H,20,22). The van der Waals surface area contributed by atoms with Crippen LogP contribution in [0.5, 0.6) is 0 Å². The van der Waals surface area contributed by atoms with E-state index in [0.29, 0.717) is 11.3 Å². The van der Waals surface area contributed by atoms with E-state index in [4.69, 9.17) is 0 Å². The van der Waals surface area contributed by atoms with Gasteiger partial charge in [0.1, 0.15) is 6.61 Å². The lowest BCUT2D eigenvalue weighted by Gasteiger charge is -2.09. The molecule has 0 aliphatic rings. The average molecular weight is 326 g/mol. The molecule has 0 saturated heterocycles. The molecule has 0 saturated carbocycles. The number of nitrogens with one attached hydrogen (secondary N) is 2. The van der Waals surface area contributed by atoms with Gasteiger partial charge in [-0.2, -0.15) is 13.2 Å². The number of benzene rings is 1. The molecule has 2 rings (SSSR count). The maximum atomic E-state index is 12.0. The first-order valence-electron chi connectivity index (χ1n) is 6.57. The van der Waals surface area contributed by atoms with Gasteiger partial charge in [0.25, 0.3) is 5.91 Å². The summed E-state index contributed by atoms with van der Waals surface area (Å²) in [7, 11) is 0. The first-order valence-corrected chi connectivity index (χ1v) is 6.57. The molecular formula is C15H13F3N2O3. The van der Waals surface area contributed by atoms with E-state index in [2.05, 4.69) is 15.0 Å². The minimum atomic E-state index is -4.36. The number of anilines is 1. The topological polar surface area (TPSA) is 71.2 Å². The minimum Gasteiger partial charge on any atom is -0.367 e. The number of rotatable bonds is 5. The monoisotopic (exact) mass is 326 g/mol. The molecule has 0 aliphatic heterocycles. The summed E-state index contributed by atoms with van der Waals surface area (Å²) in [6, 6.07) is 8.83. The third kappa shape index (κ3) is 5.59. The van der Waals surface area contributed by atoms with Crippen LogP contribution in [-0.4, -0.2) is 23.7 Å². The molecule has 0 radical (unpaired) electrons. The number of pyridine rings is 1. The second kappa shape index (κ2) is 7.10. The fourth-order valence-corrected chi connectivity index (χ4v) is 1.72. The van der Waals surface area contributed by atoms with Gasteiger partial charge >= 0.3 is 6.18 Å². The van der Waals surface area contributed by atoms with Gasteiger partial charge in [-0.3, -0.25) is 9.59 Å². The molecule has 1 aromatic heterocycles. The van der Waals surface area contributed by atoms with Crippen LogP contribution in [-0.2, 0) is 11.3 Å². The molecule has 1 amide bonds. The van der Waals surface area contributed by atoms with Gasteiger partial charge in [-0.1, -0.05) is 12.1 Å². The highest BCUT2D eigenvalue weighted by atomic mass is 19.4. The van der Waals surface area contributed by atoms with Gasteiger partial charge < -0.3 is 15.0 Å². The first-order chi connectivity index (χ1) is 10.8. The largest absolute Gasteiger partial charge is 0.411 e. The van der Waals surface area contributed by atoms with Gasteiger partial charge in [0.05, 0.1) is 12.2 Å². The van der Waals surface area contributed by atoms with Crippen LogP contribution < -0.4 is 10.9 Å². The number of ether oxygens (including phenoxy) is 1. The number of carbonyl (C=O) groups excluding carboxylic acids is 1. The molecule has 0 spiro atoms. The van der Waals surface area contributed by atoms with E-state index in [0.717, 1.165) is 0 Å². The average Bonchev–Trinajstić information content (AvgIpc) is 2.48. The van der Waals surface area contributed by atoms with Gasteiger partial charge in [-0.15, -0.1) is 0 Å². The van der Waals surface area contributed by atoms with E-state index < -0.39 is 18.7 Å². The summed E-state index contributed by atoms with van der Waals surface area (Å²) in [6.45, 7) is -1.48. The normalized spacial score (nSPS) is 11.3. The van der Waals surface area contributed by atoms with Crippen molar-refractivity contribution in [3.05, 3.63) is 64.1 Å². The molecule has 122 valence electrons. The number of aromatic amines is 1. The molecule has 0 aliphatic carbocycles. The van der Waals surface area contributed by atoms with Crippen molar-refractivity contribution in [2.45, 2.75) is 12.8 Å². The molecule has 0 atom stereocenters. The first kappa shape index (κ1) is 16.8. The van der Waals surface area contributed by atoms with Gasteiger partial charge in [0, 0.05) is 18.0 Å². The Hall–Kier alpha value is -2.61. The van der Waals surface area contributed by atoms with E-state index in [1.54, 1.807) is 24.3 Å². The highest BCUT2D eigenvalue weighted by Gasteiger charge is 2.27. The summed E-state index contributed by atoms with van der Waals surface area (Å²) in [6.07, 6.45) is -3.07. The third-order valence-corrected chi connectivity index (χ3v) is 2.79. The number of amides is 1. The summed E-state index contributed by atoms with van der Waals surface area (Å²) in [4.78, 5) is 25.2. The van der Waals surface area contributed by atoms with Crippen molar-refractivity contribution < 1.29 is 22.7 Å². The molecule has 5 nitrogen and oxygen atoms in total. The Labute approximate surface area is 129 Å². The molecule has 23 heavy (non-hydrogen) atoms.